The van der Waals surface area contributed by atoms with E-state index < -0.39 is 12.1 Å². The van der Waals surface area contributed by atoms with Gasteiger partial charge in [-0.2, -0.15) is 0 Å². The summed E-state index contributed by atoms with van der Waals surface area (Å²) in [6, 6.07) is 12.3. The minimum Gasteiger partial charge on any atom is -0.508 e. The van der Waals surface area contributed by atoms with Gasteiger partial charge in [-0.15, -0.1) is 0 Å². The molecule has 0 aliphatic rings. The number of hydrogen-bond donors (Lipinski definition) is 4. The SMILES string of the molecule is Cc1cc(O)cc(C)c1C[C@H](N)C(=O)N[C@H](CO)COCCCc1ccccc1. The Hall–Kier alpha value is -2.41. The van der Waals surface area contributed by atoms with Crippen LogP contribution in [0, 0.1) is 13.8 Å². The number of hydrogen-bond acceptors (Lipinski definition) is 5. The van der Waals surface area contributed by atoms with E-state index in [2.05, 4.69) is 17.4 Å². The fourth-order valence-electron chi connectivity index (χ4n) is 3.30. The van der Waals surface area contributed by atoms with Gasteiger partial charge in [0.05, 0.1) is 25.3 Å². The minimum atomic E-state index is -0.746. The molecule has 0 aliphatic carbocycles. The summed E-state index contributed by atoms with van der Waals surface area (Å²) in [6.07, 6.45) is 2.15. The van der Waals surface area contributed by atoms with E-state index in [0.29, 0.717) is 13.0 Å². The van der Waals surface area contributed by atoms with Gasteiger partial charge in [0.2, 0.25) is 5.91 Å². The average molecular weight is 401 g/mol. The van der Waals surface area contributed by atoms with Crippen LogP contribution in [0.4, 0.5) is 0 Å². The van der Waals surface area contributed by atoms with Crippen LogP contribution in [0.2, 0.25) is 0 Å². The molecule has 0 fully saturated rings. The van der Waals surface area contributed by atoms with Crippen LogP contribution < -0.4 is 11.1 Å². The van der Waals surface area contributed by atoms with Crippen molar-refractivity contribution in [2.45, 2.75) is 45.2 Å². The van der Waals surface area contributed by atoms with Crippen LogP contribution in [0.1, 0.15) is 28.7 Å². The second-order valence-electron chi connectivity index (χ2n) is 7.42. The highest BCUT2D eigenvalue weighted by Crippen LogP contribution is 2.21. The molecule has 2 atom stereocenters. The number of aromatic hydroxyl groups is 1. The van der Waals surface area contributed by atoms with E-state index in [1.165, 1.54) is 5.56 Å². The van der Waals surface area contributed by atoms with Crippen LogP contribution in [0.5, 0.6) is 5.75 Å². The largest absolute Gasteiger partial charge is 0.508 e. The van der Waals surface area contributed by atoms with Crippen molar-refractivity contribution in [1.82, 2.24) is 5.32 Å². The monoisotopic (exact) mass is 400 g/mol. The fourth-order valence-corrected chi connectivity index (χ4v) is 3.30. The van der Waals surface area contributed by atoms with E-state index in [0.717, 1.165) is 29.5 Å². The van der Waals surface area contributed by atoms with Gasteiger partial charge in [-0.25, -0.2) is 0 Å². The molecule has 0 saturated heterocycles. The topological polar surface area (TPSA) is 105 Å². The number of rotatable bonds is 11. The van der Waals surface area contributed by atoms with Gasteiger partial charge in [-0.05, 0) is 67.5 Å². The predicted molar refractivity (Wildman–Crippen MR) is 114 cm³/mol. The lowest BCUT2D eigenvalue weighted by Gasteiger charge is -2.20. The number of nitrogens with one attached hydrogen (secondary N) is 1. The molecule has 2 rings (SSSR count). The summed E-state index contributed by atoms with van der Waals surface area (Å²) in [5.41, 5.74) is 10.1. The standard InChI is InChI=1S/C23H32N2O4/c1-16-11-20(27)12-17(2)21(16)13-22(24)23(28)25-19(14-26)15-29-10-6-9-18-7-4-3-5-8-18/h3-5,7-8,11-12,19,22,26-27H,6,9-10,13-15,24H2,1-2H3,(H,25,28)/t19-,22+/m1/s1. The summed E-state index contributed by atoms with van der Waals surface area (Å²) < 4.78 is 5.62. The van der Waals surface area contributed by atoms with Gasteiger partial charge in [-0.1, -0.05) is 30.3 Å². The van der Waals surface area contributed by atoms with Crippen molar-refractivity contribution in [3.8, 4) is 5.75 Å². The highest BCUT2D eigenvalue weighted by Gasteiger charge is 2.20. The van der Waals surface area contributed by atoms with E-state index in [4.69, 9.17) is 10.5 Å². The maximum absolute atomic E-state index is 12.4. The average Bonchev–Trinajstić information content (AvgIpc) is 2.69. The zero-order chi connectivity index (χ0) is 21.2. The number of ether oxygens (including phenoxy) is 1. The summed E-state index contributed by atoms with van der Waals surface area (Å²) in [5, 5.41) is 21.9. The van der Waals surface area contributed by atoms with Crippen molar-refractivity contribution in [2.75, 3.05) is 19.8 Å². The number of amides is 1. The second-order valence-corrected chi connectivity index (χ2v) is 7.42. The summed E-state index contributed by atoms with van der Waals surface area (Å²) in [4.78, 5) is 12.4. The number of aryl methyl sites for hydroxylation is 3. The Labute approximate surface area is 172 Å². The molecular weight excluding hydrogens is 368 g/mol. The van der Waals surface area contributed by atoms with E-state index in [-0.39, 0.29) is 24.9 Å². The Morgan fingerprint density at radius 2 is 1.83 bits per heavy atom. The molecule has 0 aliphatic heterocycles. The molecule has 0 unspecified atom stereocenters. The van der Waals surface area contributed by atoms with Gasteiger partial charge in [0, 0.05) is 6.61 Å². The molecule has 29 heavy (non-hydrogen) atoms. The molecule has 5 N–H and O–H groups in total. The third-order valence-electron chi connectivity index (χ3n) is 4.92. The lowest BCUT2D eigenvalue weighted by molar-refractivity contribution is -0.123. The van der Waals surface area contributed by atoms with Crippen LogP contribution in [-0.2, 0) is 22.4 Å². The Morgan fingerprint density at radius 3 is 2.45 bits per heavy atom. The second kappa shape index (κ2) is 11.6. The fraction of sp³-hybridized carbons (Fsp3) is 0.435. The molecule has 6 nitrogen and oxygen atoms in total. The highest BCUT2D eigenvalue weighted by atomic mass is 16.5. The number of aliphatic hydroxyl groups is 1. The van der Waals surface area contributed by atoms with Gasteiger partial charge < -0.3 is 26.0 Å². The van der Waals surface area contributed by atoms with Crippen molar-refractivity contribution >= 4 is 5.91 Å². The van der Waals surface area contributed by atoms with Crippen molar-refractivity contribution < 1.29 is 19.7 Å². The van der Waals surface area contributed by atoms with Gasteiger partial charge >= 0.3 is 0 Å². The third kappa shape index (κ3) is 7.49. The summed E-state index contributed by atoms with van der Waals surface area (Å²) in [6.45, 7) is 4.34. The minimum absolute atomic E-state index is 0.200. The van der Waals surface area contributed by atoms with E-state index in [1.807, 2.05) is 32.0 Å². The van der Waals surface area contributed by atoms with E-state index in [9.17, 15) is 15.0 Å². The summed E-state index contributed by atoms with van der Waals surface area (Å²) in [5.74, 6) is -0.129. The van der Waals surface area contributed by atoms with Crippen LogP contribution in [0.25, 0.3) is 0 Å². The maximum Gasteiger partial charge on any atom is 0.237 e. The summed E-state index contributed by atoms with van der Waals surface area (Å²) >= 11 is 0. The van der Waals surface area contributed by atoms with Crippen LogP contribution in [0.15, 0.2) is 42.5 Å². The lowest BCUT2D eigenvalue weighted by Crippen LogP contribution is -2.49. The first-order valence-corrected chi connectivity index (χ1v) is 9.98. The molecule has 0 bridgehead atoms. The quantitative estimate of drug-likeness (QED) is 0.432. The van der Waals surface area contributed by atoms with E-state index >= 15 is 0 Å². The first-order chi connectivity index (χ1) is 13.9. The molecule has 0 radical (unpaired) electrons. The third-order valence-corrected chi connectivity index (χ3v) is 4.92. The molecule has 0 saturated carbocycles. The van der Waals surface area contributed by atoms with Crippen LogP contribution in [-0.4, -0.2) is 48.0 Å². The lowest BCUT2D eigenvalue weighted by atomic mass is 9.96. The zero-order valence-electron chi connectivity index (χ0n) is 17.2. The molecule has 158 valence electrons. The Balaban J connectivity index is 1.75. The maximum atomic E-state index is 12.4. The summed E-state index contributed by atoms with van der Waals surface area (Å²) in [7, 11) is 0. The Bertz CT molecular complexity index is 757. The first kappa shape index (κ1) is 22.9. The number of carbonyl (C=O) groups is 1. The normalized spacial score (nSPS) is 13.1. The van der Waals surface area contributed by atoms with Gasteiger partial charge in [-0.3, -0.25) is 4.79 Å². The Kier molecular flexibility index (Phi) is 9.12. The van der Waals surface area contributed by atoms with Crippen molar-refractivity contribution in [1.29, 1.82) is 0 Å². The molecule has 2 aromatic carbocycles. The van der Waals surface area contributed by atoms with Crippen LogP contribution >= 0.6 is 0 Å². The Morgan fingerprint density at radius 1 is 1.17 bits per heavy atom. The number of phenolic OH excluding ortho intramolecular Hbond substituents is 1. The van der Waals surface area contributed by atoms with Crippen molar-refractivity contribution in [2.24, 2.45) is 5.73 Å². The molecule has 0 heterocycles. The number of phenols is 1. The molecule has 0 aromatic heterocycles. The molecular formula is C23H32N2O4. The number of carbonyl (C=O) groups excluding carboxylic acids is 1. The first-order valence-electron chi connectivity index (χ1n) is 9.98. The predicted octanol–water partition coefficient (Wildman–Crippen LogP) is 2.01. The van der Waals surface area contributed by atoms with Gasteiger partial charge in [0.1, 0.15) is 5.75 Å². The molecule has 1 amide bonds. The van der Waals surface area contributed by atoms with E-state index in [1.54, 1.807) is 12.1 Å². The number of benzene rings is 2. The molecule has 6 heteroatoms. The zero-order valence-corrected chi connectivity index (χ0v) is 17.2. The van der Waals surface area contributed by atoms with Crippen molar-refractivity contribution in [3.63, 3.8) is 0 Å². The number of aliphatic hydroxyl groups excluding tert-OH is 1. The van der Waals surface area contributed by atoms with Gasteiger partial charge in [0.15, 0.2) is 0 Å². The van der Waals surface area contributed by atoms with Crippen LogP contribution in [0.3, 0.4) is 0 Å². The molecule has 2 aromatic rings. The number of nitrogens with two attached hydrogens (primary N) is 1. The molecule has 0 spiro atoms. The van der Waals surface area contributed by atoms with Crippen molar-refractivity contribution in [3.05, 3.63) is 64.7 Å². The van der Waals surface area contributed by atoms with Gasteiger partial charge in [0.25, 0.3) is 0 Å². The highest BCUT2D eigenvalue weighted by molar-refractivity contribution is 5.82. The smallest absolute Gasteiger partial charge is 0.237 e.